The fraction of sp³-hybridized carbons (Fsp3) is 0. The topological polar surface area (TPSA) is 81.2 Å². The van der Waals surface area contributed by atoms with Crippen molar-refractivity contribution in [2.75, 3.05) is 0 Å². The second-order valence-electron chi connectivity index (χ2n) is 12.3. The molecule has 0 saturated heterocycles. The number of hydrogen-bond donors (Lipinski definition) is 0. The summed E-state index contributed by atoms with van der Waals surface area (Å²) in [7, 11) is 0. The first-order valence-electron chi connectivity index (χ1n) is 16.3. The number of aromatic nitrogens is 2. The molecule has 5 heteroatoms. The average molecular weight is 636 g/mol. The predicted octanol–water partition coefficient (Wildman–Crippen LogP) is 10.8. The zero-order chi connectivity index (χ0) is 33.8. The van der Waals surface area contributed by atoms with E-state index in [0.29, 0.717) is 16.7 Å². The van der Waals surface area contributed by atoms with Crippen LogP contribution in [0.5, 0.6) is 0 Å². The van der Waals surface area contributed by atoms with Crippen molar-refractivity contribution in [1.29, 1.82) is 15.8 Å². The van der Waals surface area contributed by atoms with Gasteiger partial charge in [-0.15, -0.1) is 0 Å². The molecular formula is C45H25N5. The Morgan fingerprint density at radius 3 is 1.74 bits per heavy atom. The summed E-state index contributed by atoms with van der Waals surface area (Å²) in [6.45, 7) is 0. The molecule has 5 nitrogen and oxygen atoms in total. The zero-order valence-corrected chi connectivity index (χ0v) is 26.7. The summed E-state index contributed by atoms with van der Waals surface area (Å²) in [6.07, 6.45) is 0. The van der Waals surface area contributed by atoms with Gasteiger partial charge in [0, 0.05) is 32.8 Å². The van der Waals surface area contributed by atoms with Crippen molar-refractivity contribution in [3.63, 3.8) is 0 Å². The quantitative estimate of drug-likeness (QED) is 0.193. The highest BCUT2D eigenvalue weighted by atomic mass is 15.0. The van der Waals surface area contributed by atoms with E-state index in [1.54, 1.807) is 0 Å². The minimum absolute atomic E-state index is 0.572. The van der Waals surface area contributed by atoms with Crippen LogP contribution < -0.4 is 0 Å². The number of benzene rings is 7. The maximum absolute atomic E-state index is 10.1. The highest BCUT2D eigenvalue weighted by Gasteiger charge is 2.18. The Balaban J connectivity index is 1.23. The van der Waals surface area contributed by atoms with Crippen LogP contribution in [0.25, 0.3) is 77.2 Å². The standard InChI is InChI=1S/C45H25N5/c46-26-29-19-21-43-40(22-29)39-15-7-11-34(28-48)45(39)49(43)35-12-6-9-32(25-35)31-8-5-10-33(24-31)36-20-18-30(27-47)23-44(36)50-41-16-3-1-13-37(41)38-14-2-4-17-42(38)50/h1-25H. The van der Waals surface area contributed by atoms with Crippen LogP contribution in [0.15, 0.2) is 152 Å². The van der Waals surface area contributed by atoms with E-state index in [1.165, 1.54) is 0 Å². The van der Waals surface area contributed by atoms with Crippen LogP contribution in [-0.2, 0) is 0 Å². The molecule has 0 N–H and O–H groups in total. The van der Waals surface area contributed by atoms with E-state index in [-0.39, 0.29) is 0 Å². The van der Waals surface area contributed by atoms with Gasteiger partial charge in [0.1, 0.15) is 6.07 Å². The van der Waals surface area contributed by atoms with Crippen LogP contribution in [0.3, 0.4) is 0 Å². The molecule has 0 aliphatic rings. The lowest BCUT2D eigenvalue weighted by atomic mass is 9.96. The Hall–Kier alpha value is -7.39. The second-order valence-corrected chi connectivity index (χ2v) is 12.3. The first-order chi connectivity index (χ1) is 24.7. The maximum atomic E-state index is 10.1. The number of nitriles is 3. The van der Waals surface area contributed by atoms with Gasteiger partial charge >= 0.3 is 0 Å². The number of para-hydroxylation sites is 3. The fourth-order valence-corrected chi connectivity index (χ4v) is 7.40. The lowest BCUT2D eigenvalue weighted by molar-refractivity contribution is 1.17. The molecule has 0 atom stereocenters. The first kappa shape index (κ1) is 28.8. The van der Waals surface area contributed by atoms with E-state index in [2.05, 4.69) is 118 Å². The van der Waals surface area contributed by atoms with E-state index in [4.69, 9.17) is 0 Å². The Labute approximate surface area is 287 Å². The molecule has 2 heterocycles. The van der Waals surface area contributed by atoms with Crippen molar-refractivity contribution >= 4 is 43.6 Å². The van der Waals surface area contributed by atoms with Crippen molar-refractivity contribution in [2.45, 2.75) is 0 Å². The molecule has 2 aromatic heterocycles. The van der Waals surface area contributed by atoms with Gasteiger partial charge in [0.2, 0.25) is 0 Å². The lowest BCUT2D eigenvalue weighted by Gasteiger charge is -2.16. The number of fused-ring (bicyclic) bond motifs is 6. The third kappa shape index (κ3) is 4.38. The molecule has 0 fully saturated rings. The summed E-state index contributed by atoms with van der Waals surface area (Å²) < 4.78 is 4.39. The third-order valence-electron chi connectivity index (χ3n) is 9.60. The largest absolute Gasteiger partial charge is 0.309 e. The summed E-state index contributed by atoms with van der Waals surface area (Å²) in [4.78, 5) is 0. The lowest BCUT2D eigenvalue weighted by Crippen LogP contribution is -1.98. The molecule has 0 aliphatic heterocycles. The van der Waals surface area contributed by atoms with Gasteiger partial charge in [0.15, 0.2) is 0 Å². The van der Waals surface area contributed by atoms with Crippen molar-refractivity contribution in [3.8, 4) is 51.8 Å². The van der Waals surface area contributed by atoms with Crippen LogP contribution in [0.1, 0.15) is 16.7 Å². The molecule has 230 valence electrons. The Kier molecular flexibility index (Phi) is 6.56. The minimum atomic E-state index is 0.572. The molecule has 0 unspecified atom stereocenters. The Bertz CT molecular complexity index is 2920. The van der Waals surface area contributed by atoms with E-state index in [1.807, 2.05) is 60.7 Å². The van der Waals surface area contributed by atoms with Crippen LogP contribution in [0, 0.1) is 34.0 Å². The summed E-state index contributed by atoms with van der Waals surface area (Å²) in [5, 5.41) is 33.9. The first-order valence-corrected chi connectivity index (χ1v) is 16.3. The molecule has 0 bridgehead atoms. The second kappa shape index (κ2) is 11.4. The van der Waals surface area contributed by atoms with Crippen molar-refractivity contribution < 1.29 is 0 Å². The van der Waals surface area contributed by atoms with Gasteiger partial charge < -0.3 is 9.13 Å². The summed E-state index contributed by atoms with van der Waals surface area (Å²) >= 11 is 0. The van der Waals surface area contributed by atoms with E-state index in [0.717, 1.165) is 77.2 Å². The van der Waals surface area contributed by atoms with Crippen LogP contribution in [0.2, 0.25) is 0 Å². The average Bonchev–Trinajstić information content (AvgIpc) is 3.70. The fourth-order valence-electron chi connectivity index (χ4n) is 7.40. The van der Waals surface area contributed by atoms with Gasteiger partial charge in [0.25, 0.3) is 0 Å². The monoisotopic (exact) mass is 635 g/mol. The molecule has 0 aliphatic carbocycles. The third-order valence-corrected chi connectivity index (χ3v) is 9.60. The van der Waals surface area contributed by atoms with Crippen molar-refractivity contribution in [3.05, 3.63) is 168 Å². The molecule has 0 amide bonds. The van der Waals surface area contributed by atoms with Gasteiger partial charge in [-0.3, -0.25) is 0 Å². The van der Waals surface area contributed by atoms with Crippen molar-refractivity contribution in [1.82, 2.24) is 9.13 Å². The maximum Gasteiger partial charge on any atom is 0.101 e. The van der Waals surface area contributed by atoms with Crippen LogP contribution in [-0.4, -0.2) is 9.13 Å². The zero-order valence-electron chi connectivity index (χ0n) is 26.7. The summed E-state index contributed by atoms with van der Waals surface area (Å²) in [5.41, 5.74) is 11.6. The summed E-state index contributed by atoms with van der Waals surface area (Å²) in [5.74, 6) is 0. The highest BCUT2D eigenvalue weighted by molar-refractivity contribution is 6.12. The van der Waals surface area contributed by atoms with E-state index in [9.17, 15) is 15.8 Å². The number of rotatable bonds is 4. The van der Waals surface area contributed by atoms with Gasteiger partial charge in [-0.1, -0.05) is 84.9 Å². The summed E-state index contributed by atoms with van der Waals surface area (Å²) in [6, 6.07) is 57.9. The molecule has 0 saturated carbocycles. The molecule has 7 aromatic carbocycles. The van der Waals surface area contributed by atoms with Crippen LogP contribution >= 0.6 is 0 Å². The van der Waals surface area contributed by atoms with Gasteiger partial charge in [-0.05, 0) is 83.4 Å². The van der Waals surface area contributed by atoms with Crippen molar-refractivity contribution in [2.24, 2.45) is 0 Å². The molecule has 0 spiro atoms. The molecule has 0 radical (unpaired) electrons. The minimum Gasteiger partial charge on any atom is -0.309 e. The van der Waals surface area contributed by atoms with Gasteiger partial charge in [-0.2, -0.15) is 15.8 Å². The predicted molar refractivity (Wildman–Crippen MR) is 200 cm³/mol. The number of hydrogen-bond acceptors (Lipinski definition) is 3. The van der Waals surface area contributed by atoms with Crippen LogP contribution in [0.4, 0.5) is 0 Å². The van der Waals surface area contributed by atoms with Gasteiger partial charge in [0.05, 0.1) is 56.6 Å². The van der Waals surface area contributed by atoms with E-state index >= 15 is 0 Å². The normalized spacial score (nSPS) is 11.1. The van der Waals surface area contributed by atoms with Gasteiger partial charge in [-0.25, -0.2) is 0 Å². The molecule has 50 heavy (non-hydrogen) atoms. The Morgan fingerprint density at radius 2 is 1.00 bits per heavy atom. The molecule has 9 rings (SSSR count). The Morgan fingerprint density at radius 1 is 0.400 bits per heavy atom. The molecular weight excluding hydrogens is 611 g/mol. The smallest absolute Gasteiger partial charge is 0.101 e. The van der Waals surface area contributed by atoms with E-state index < -0.39 is 0 Å². The number of nitrogens with zero attached hydrogens (tertiary/aromatic N) is 5. The highest BCUT2D eigenvalue weighted by Crippen LogP contribution is 2.39. The SMILES string of the molecule is N#Cc1ccc(-c2cccc(-c3cccc(-n4c5ccc(C#N)cc5c5cccc(C#N)c54)c3)c2)c(-n2c3ccccc3c3ccccc32)c1. The molecule has 9 aromatic rings.